The van der Waals surface area contributed by atoms with E-state index in [0.29, 0.717) is 17.2 Å². The van der Waals surface area contributed by atoms with E-state index >= 15 is 0 Å². The molecule has 0 fully saturated rings. The fraction of sp³-hybridized carbons (Fsp3) is 0.0769. The lowest BCUT2D eigenvalue weighted by Gasteiger charge is -2.20. The van der Waals surface area contributed by atoms with Crippen LogP contribution in [0.5, 0.6) is 0 Å². The Morgan fingerprint density at radius 2 is 1.90 bits per heavy atom. The van der Waals surface area contributed by atoms with Crippen molar-refractivity contribution in [1.82, 2.24) is 4.98 Å². The number of benzene rings is 1. The molecular weight excluding hydrogens is 268 g/mol. The standard InChI is InChI=1S/C13H11F2N3O2/c1-8(19)18(12-5-9(14)4-10(15)6-12)13-7-11(17-20)2-3-16-13/h2-7H,17H2,1H3. The Morgan fingerprint density at radius 1 is 1.25 bits per heavy atom. The van der Waals surface area contributed by atoms with E-state index in [-0.39, 0.29) is 11.5 Å². The molecule has 2 rings (SSSR count). The normalized spacial score (nSPS) is 10.4. The van der Waals surface area contributed by atoms with Crippen LogP contribution >= 0.6 is 0 Å². The van der Waals surface area contributed by atoms with Crippen molar-refractivity contribution in [3.63, 3.8) is 0 Å². The Balaban J connectivity index is 2.53. The maximum Gasteiger partial charge on any atom is 0.229 e. The SMILES string of the molecule is CC(=O)N(c1cc(F)cc(F)c1)c1cc([NH2+][O-])ccn1. The third-order valence-corrected chi connectivity index (χ3v) is 2.56. The maximum absolute atomic E-state index is 13.3. The summed E-state index contributed by atoms with van der Waals surface area (Å²) < 4.78 is 26.5. The lowest BCUT2D eigenvalue weighted by Crippen LogP contribution is -2.70. The van der Waals surface area contributed by atoms with Crippen LogP contribution in [0.3, 0.4) is 0 Å². The zero-order chi connectivity index (χ0) is 14.7. The summed E-state index contributed by atoms with van der Waals surface area (Å²) in [7, 11) is 0. The van der Waals surface area contributed by atoms with Crippen LogP contribution in [0.1, 0.15) is 6.92 Å². The first-order valence-electron chi connectivity index (χ1n) is 5.69. The zero-order valence-electron chi connectivity index (χ0n) is 10.5. The molecular formula is C13H11F2N3O2. The summed E-state index contributed by atoms with van der Waals surface area (Å²) in [6.07, 6.45) is 1.34. The molecule has 20 heavy (non-hydrogen) atoms. The fourth-order valence-electron chi connectivity index (χ4n) is 1.77. The quantitative estimate of drug-likeness (QED) is 0.870. The average molecular weight is 279 g/mol. The van der Waals surface area contributed by atoms with Gasteiger partial charge in [0, 0.05) is 31.3 Å². The minimum atomic E-state index is -0.808. The summed E-state index contributed by atoms with van der Waals surface area (Å²) in [5.41, 5.74) is 0.902. The van der Waals surface area contributed by atoms with Crippen LogP contribution in [-0.2, 0) is 4.79 Å². The number of aromatic nitrogens is 1. The third-order valence-electron chi connectivity index (χ3n) is 2.56. The molecule has 1 aromatic carbocycles. The highest BCUT2D eigenvalue weighted by atomic mass is 19.1. The molecule has 1 heterocycles. The lowest BCUT2D eigenvalue weighted by molar-refractivity contribution is -0.497. The van der Waals surface area contributed by atoms with E-state index in [1.54, 1.807) is 0 Å². The molecule has 0 bridgehead atoms. The van der Waals surface area contributed by atoms with Gasteiger partial charge in [-0.1, -0.05) is 0 Å². The molecule has 7 heteroatoms. The van der Waals surface area contributed by atoms with Gasteiger partial charge in [0.2, 0.25) is 5.91 Å². The zero-order valence-corrected chi connectivity index (χ0v) is 10.5. The first-order chi connectivity index (χ1) is 9.51. The van der Waals surface area contributed by atoms with E-state index in [4.69, 9.17) is 0 Å². The molecule has 0 aliphatic rings. The molecule has 0 saturated heterocycles. The second-order valence-electron chi connectivity index (χ2n) is 4.05. The predicted molar refractivity (Wildman–Crippen MR) is 68.4 cm³/mol. The van der Waals surface area contributed by atoms with Gasteiger partial charge in [-0.25, -0.2) is 13.8 Å². The van der Waals surface area contributed by atoms with Gasteiger partial charge >= 0.3 is 0 Å². The number of halogens is 2. The van der Waals surface area contributed by atoms with Crippen LogP contribution in [0.2, 0.25) is 0 Å². The topological polar surface area (TPSA) is 72.9 Å². The molecule has 2 N–H and O–H groups in total. The summed E-state index contributed by atoms with van der Waals surface area (Å²) in [6.45, 7) is 1.23. The second-order valence-corrected chi connectivity index (χ2v) is 4.05. The lowest BCUT2D eigenvalue weighted by atomic mass is 10.2. The van der Waals surface area contributed by atoms with Gasteiger partial charge in [-0.2, -0.15) is 0 Å². The Labute approximate surface area is 113 Å². The third kappa shape index (κ3) is 2.95. The van der Waals surface area contributed by atoms with Crippen molar-refractivity contribution >= 4 is 23.1 Å². The molecule has 0 spiro atoms. The number of nitrogens with two attached hydrogens (primary N) is 1. The summed E-state index contributed by atoms with van der Waals surface area (Å²) >= 11 is 0. The van der Waals surface area contributed by atoms with E-state index < -0.39 is 17.5 Å². The summed E-state index contributed by atoms with van der Waals surface area (Å²) in [5.74, 6) is -1.98. The smallest absolute Gasteiger partial charge is 0.229 e. The van der Waals surface area contributed by atoms with Crippen molar-refractivity contribution in [2.45, 2.75) is 6.92 Å². The minimum Gasteiger partial charge on any atom is -0.630 e. The van der Waals surface area contributed by atoms with Gasteiger partial charge in [0.1, 0.15) is 23.1 Å². The van der Waals surface area contributed by atoms with Crippen LogP contribution < -0.4 is 10.4 Å². The highest BCUT2D eigenvalue weighted by molar-refractivity contribution is 5.98. The van der Waals surface area contributed by atoms with Gasteiger partial charge in [0.15, 0.2) is 0 Å². The molecule has 2 aromatic rings. The molecule has 0 aliphatic carbocycles. The van der Waals surface area contributed by atoms with Crippen molar-refractivity contribution in [3.8, 4) is 0 Å². The van der Waals surface area contributed by atoms with E-state index in [1.165, 1.54) is 25.3 Å². The maximum atomic E-state index is 13.3. The monoisotopic (exact) mass is 279 g/mol. The Morgan fingerprint density at radius 3 is 2.45 bits per heavy atom. The van der Waals surface area contributed by atoms with Gasteiger partial charge in [-0.15, -0.1) is 0 Å². The number of amides is 1. The number of quaternary nitrogens is 1. The van der Waals surface area contributed by atoms with Crippen LogP contribution in [0.15, 0.2) is 36.5 Å². The molecule has 0 unspecified atom stereocenters. The van der Waals surface area contributed by atoms with Crippen LogP contribution in [0, 0.1) is 16.8 Å². The van der Waals surface area contributed by atoms with Crippen molar-refractivity contribution < 1.29 is 19.1 Å². The molecule has 0 saturated carbocycles. The number of carbonyl (C=O) groups excluding carboxylic acids is 1. The number of hydrogen-bond acceptors (Lipinski definition) is 3. The molecule has 1 amide bonds. The minimum absolute atomic E-state index is 0.00514. The van der Waals surface area contributed by atoms with Gasteiger partial charge in [0.25, 0.3) is 0 Å². The van der Waals surface area contributed by atoms with E-state index in [9.17, 15) is 18.8 Å². The van der Waals surface area contributed by atoms with E-state index in [0.717, 1.165) is 17.0 Å². The summed E-state index contributed by atoms with van der Waals surface area (Å²) in [5, 5.41) is 10.7. The summed E-state index contributed by atoms with van der Waals surface area (Å²) in [6, 6.07) is 5.55. The number of hydrogen-bond donors (Lipinski definition) is 1. The molecule has 1 aromatic heterocycles. The Kier molecular flexibility index (Phi) is 4.02. The first-order valence-corrected chi connectivity index (χ1v) is 5.69. The Hall–Kier alpha value is -2.38. The molecule has 5 nitrogen and oxygen atoms in total. The molecule has 0 radical (unpaired) electrons. The number of carbonyl (C=O) groups is 1. The second kappa shape index (κ2) is 5.72. The van der Waals surface area contributed by atoms with Crippen molar-refractivity contribution in [2.24, 2.45) is 0 Å². The number of anilines is 2. The van der Waals surface area contributed by atoms with E-state index in [1.807, 2.05) is 0 Å². The number of pyridine rings is 1. The Bertz CT molecular complexity index is 629. The van der Waals surface area contributed by atoms with Gasteiger partial charge in [-0.05, 0) is 12.1 Å². The van der Waals surface area contributed by atoms with E-state index in [2.05, 4.69) is 4.98 Å². The first kappa shape index (κ1) is 14.0. The fourth-order valence-corrected chi connectivity index (χ4v) is 1.77. The van der Waals surface area contributed by atoms with Crippen molar-refractivity contribution in [1.29, 1.82) is 0 Å². The number of rotatable bonds is 3. The molecule has 0 atom stereocenters. The van der Waals surface area contributed by atoms with Crippen molar-refractivity contribution in [3.05, 3.63) is 53.4 Å². The van der Waals surface area contributed by atoms with Crippen LogP contribution in [-0.4, -0.2) is 10.9 Å². The number of nitrogens with zero attached hydrogens (tertiary/aromatic N) is 2. The van der Waals surface area contributed by atoms with Crippen LogP contribution in [0.4, 0.5) is 26.0 Å². The predicted octanol–water partition coefficient (Wildman–Crippen LogP) is 1.74. The van der Waals surface area contributed by atoms with Crippen molar-refractivity contribution in [2.75, 3.05) is 4.90 Å². The van der Waals surface area contributed by atoms with Crippen LogP contribution in [0.25, 0.3) is 0 Å². The molecule has 0 aliphatic heterocycles. The van der Waals surface area contributed by atoms with Gasteiger partial charge < -0.3 is 10.7 Å². The molecule has 104 valence electrons. The largest absolute Gasteiger partial charge is 0.630 e. The highest BCUT2D eigenvalue weighted by Gasteiger charge is 2.18. The average Bonchev–Trinajstić information content (AvgIpc) is 2.37. The summed E-state index contributed by atoms with van der Waals surface area (Å²) in [4.78, 5) is 16.7. The van der Waals surface area contributed by atoms with Gasteiger partial charge in [-0.3, -0.25) is 9.69 Å². The van der Waals surface area contributed by atoms with Gasteiger partial charge in [0.05, 0.1) is 5.69 Å². The highest BCUT2D eigenvalue weighted by Crippen LogP contribution is 2.26.